The third kappa shape index (κ3) is 1.14. The van der Waals surface area contributed by atoms with Crippen LogP contribution in [0, 0.1) is 0 Å². The van der Waals surface area contributed by atoms with E-state index in [1.807, 2.05) is 0 Å². The maximum Gasteiger partial charge on any atom is 0.345 e. The summed E-state index contributed by atoms with van der Waals surface area (Å²) in [5.74, 6) is 0. The Hall–Kier alpha value is -1.16. The van der Waals surface area contributed by atoms with Gasteiger partial charge in [0.15, 0.2) is 0 Å². The Bertz CT molecular complexity index is 344. The Morgan fingerprint density at radius 2 is 2.50 bits per heavy atom. The van der Waals surface area contributed by atoms with Crippen molar-refractivity contribution in [3.05, 3.63) is 27.9 Å². The van der Waals surface area contributed by atoms with Gasteiger partial charge in [-0.3, -0.25) is 0 Å². The first-order valence-corrected chi connectivity index (χ1v) is 4.11. The normalized spacial score (nSPS) is 21.9. The molecule has 0 fully saturated rings. The molecule has 4 nitrogen and oxygen atoms in total. The van der Waals surface area contributed by atoms with Crippen LogP contribution in [0.2, 0.25) is 0 Å². The third-order valence-electron chi connectivity index (χ3n) is 2.27. The molecule has 0 aromatic carbocycles. The van der Waals surface area contributed by atoms with E-state index in [0.717, 1.165) is 30.5 Å². The summed E-state index contributed by atoms with van der Waals surface area (Å²) in [4.78, 5) is 17.2. The molecule has 2 rings (SSSR count). The van der Waals surface area contributed by atoms with Gasteiger partial charge >= 0.3 is 5.69 Å². The van der Waals surface area contributed by atoms with E-state index >= 15 is 0 Å². The molecule has 3 N–H and O–H groups in total. The summed E-state index contributed by atoms with van der Waals surface area (Å²) in [6, 6.07) is 0.0538. The molecule has 0 spiro atoms. The van der Waals surface area contributed by atoms with Gasteiger partial charge in [0.05, 0.1) is 0 Å². The van der Waals surface area contributed by atoms with Crippen molar-refractivity contribution >= 4 is 0 Å². The fourth-order valence-corrected chi connectivity index (χ4v) is 1.62. The zero-order valence-corrected chi connectivity index (χ0v) is 6.71. The largest absolute Gasteiger partial charge is 0.345 e. The maximum atomic E-state index is 10.8. The zero-order valence-electron chi connectivity index (χ0n) is 6.71. The van der Waals surface area contributed by atoms with Gasteiger partial charge in [-0.1, -0.05) is 0 Å². The molecule has 1 unspecified atom stereocenters. The first-order valence-electron chi connectivity index (χ1n) is 4.11. The molecule has 1 aliphatic rings. The number of H-pyrrole nitrogens is 1. The lowest BCUT2D eigenvalue weighted by Gasteiger charge is -2.20. The highest BCUT2D eigenvalue weighted by atomic mass is 16.1. The molecule has 1 aromatic rings. The minimum atomic E-state index is -0.275. The number of aromatic nitrogens is 2. The average Bonchev–Trinajstić information content (AvgIpc) is 2.04. The summed E-state index contributed by atoms with van der Waals surface area (Å²) >= 11 is 0. The fourth-order valence-electron chi connectivity index (χ4n) is 1.62. The predicted molar refractivity (Wildman–Crippen MR) is 44.7 cm³/mol. The van der Waals surface area contributed by atoms with Crippen LogP contribution in [0.15, 0.2) is 11.0 Å². The van der Waals surface area contributed by atoms with Crippen LogP contribution in [-0.4, -0.2) is 9.97 Å². The van der Waals surface area contributed by atoms with Crippen molar-refractivity contribution in [2.45, 2.75) is 25.3 Å². The van der Waals surface area contributed by atoms with E-state index in [2.05, 4.69) is 9.97 Å². The quantitative estimate of drug-likeness (QED) is 0.573. The standard InChI is InChI=1S/C8H11N3O/c9-6-2-1-3-7-5(6)4-10-8(12)11-7/h4,6H,1-3,9H2,(H,10,11,12). The monoisotopic (exact) mass is 165 g/mol. The van der Waals surface area contributed by atoms with Crippen molar-refractivity contribution in [3.8, 4) is 0 Å². The Balaban J connectivity index is 2.53. The number of aromatic amines is 1. The predicted octanol–water partition coefficient (Wildman–Crippen LogP) is 0.106. The van der Waals surface area contributed by atoms with Crippen molar-refractivity contribution in [2.75, 3.05) is 0 Å². The molecule has 0 radical (unpaired) electrons. The van der Waals surface area contributed by atoms with Crippen molar-refractivity contribution in [1.82, 2.24) is 9.97 Å². The Morgan fingerprint density at radius 1 is 1.67 bits per heavy atom. The number of fused-ring (bicyclic) bond motifs is 1. The van der Waals surface area contributed by atoms with Crippen LogP contribution in [-0.2, 0) is 6.42 Å². The molecule has 0 amide bonds. The van der Waals surface area contributed by atoms with Crippen LogP contribution < -0.4 is 11.4 Å². The molecule has 0 bridgehead atoms. The van der Waals surface area contributed by atoms with E-state index in [1.54, 1.807) is 6.20 Å². The maximum absolute atomic E-state index is 10.8. The van der Waals surface area contributed by atoms with Gasteiger partial charge < -0.3 is 10.7 Å². The molecule has 1 heterocycles. The Morgan fingerprint density at radius 3 is 3.33 bits per heavy atom. The van der Waals surface area contributed by atoms with Crippen LogP contribution in [0.1, 0.15) is 30.1 Å². The third-order valence-corrected chi connectivity index (χ3v) is 2.27. The van der Waals surface area contributed by atoms with Gasteiger partial charge in [0.25, 0.3) is 0 Å². The molecule has 1 aromatic heterocycles. The lowest BCUT2D eigenvalue weighted by molar-refractivity contribution is 0.554. The van der Waals surface area contributed by atoms with Gasteiger partial charge in [-0.15, -0.1) is 0 Å². The van der Waals surface area contributed by atoms with Crippen molar-refractivity contribution in [3.63, 3.8) is 0 Å². The van der Waals surface area contributed by atoms with E-state index in [4.69, 9.17) is 5.73 Å². The summed E-state index contributed by atoms with van der Waals surface area (Å²) in [5, 5.41) is 0. The van der Waals surface area contributed by atoms with Gasteiger partial charge in [0.2, 0.25) is 0 Å². The zero-order chi connectivity index (χ0) is 8.55. The minimum absolute atomic E-state index is 0.0538. The van der Waals surface area contributed by atoms with Gasteiger partial charge in [0, 0.05) is 23.5 Å². The summed E-state index contributed by atoms with van der Waals surface area (Å²) in [5.41, 5.74) is 7.53. The second-order valence-electron chi connectivity index (χ2n) is 3.12. The highest BCUT2D eigenvalue weighted by Crippen LogP contribution is 2.24. The van der Waals surface area contributed by atoms with Gasteiger partial charge in [0.1, 0.15) is 0 Å². The minimum Gasteiger partial charge on any atom is -0.324 e. The van der Waals surface area contributed by atoms with Gasteiger partial charge in [-0.05, 0) is 19.3 Å². The van der Waals surface area contributed by atoms with Crippen LogP contribution in [0.5, 0.6) is 0 Å². The summed E-state index contributed by atoms with van der Waals surface area (Å²) in [6.07, 6.45) is 4.55. The lowest BCUT2D eigenvalue weighted by atomic mass is 9.93. The van der Waals surface area contributed by atoms with E-state index in [0.29, 0.717) is 0 Å². The van der Waals surface area contributed by atoms with Crippen LogP contribution in [0.25, 0.3) is 0 Å². The molecular weight excluding hydrogens is 154 g/mol. The SMILES string of the molecule is NC1CCCc2[nH]c(=O)ncc21. The molecular formula is C8H11N3O. The van der Waals surface area contributed by atoms with Crippen LogP contribution in [0.4, 0.5) is 0 Å². The number of hydrogen-bond donors (Lipinski definition) is 2. The molecule has 1 aliphatic carbocycles. The first kappa shape index (κ1) is 7.49. The number of nitrogens with zero attached hydrogens (tertiary/aromatic N) is 1. The van der Waals surface area contributed by atoms with Gasteiger partial charge in [-0.2, -0.15) is 0 Å². The van der Waals surface area contributed by atoms with Crippen LogP contribution in [0.3, 0.4) is 0 Å². The molecule has 0 saturated carbocycles. The second-order valence-corrected chi connectivity index (χ2v) is 3.12. The highest BCUT2D eigenvalue weighted by molar-refractivity contribution is 5.22. The van der Waals surface area contributed by atoms with Crippen molar-refractivity contribution < 1.29 is 0 Å². The topological polar surface area (TPSA) is 71.8 Å². The number of nitrogens with one attached hydrogen (secondary N) is 1. The number of aryl methyl sites for hydroxylation is 1. The Labute approximate surface area is 69.8 Å². The number of nitrogens with two attached hydrogens (primary N) is 1. The van der Waals surface area contributed by atoms with E-state index < -0.39 is 0 Å². The number of rotatable bonds is 0. The average molecular weight is 165 g/mol. The molecule has 1 atom stereocenters. The summed E-state index contributed by atoms with van der Waals surface area (Å²) < 4.78 is 0. The highest BCUT2D eigenvalue weighted by Gasteiger charge is 2.17. The van der Waals surface area contributed by atoms with Gasteiger partial charge in [-0.25, -0.2) is 9.78 Å². The lowest BCUT2D eigenvalue weighted by Crippen LogP contribution is -2.23. The van der Waals surface area contributed by atoms with Crippen molar-refractivity contribution in [2.24, 2.45) is 5.73 Å². The van der Waals surface area contributed by atoms with E-state index in [1.165, 1.54) is 0 Å². The smallest absolute Gasteiger partial charge is 0.324 e. The van der Waals surface area contributed by atoms with E-state index in [9.17, 15) is 4.79 Å². The van der Waals surface area contributed by atoms with Crippen LogP contribution >= 0.6 is 0 Å². The molecule has 0 saturated heterocycles. The molecule has 64 valence electrons. The molecule has 12 heavy (non-hydrogen) atoms. The Kier molecular flexibility index (Phi) is 1.69. The first-order chi connectivity index (χ1) is 5.77. The summed E-state index contributed by atoms with van der Waals surface area (Å²) in [7, 11) is 0. The van der Waals surface area contributed by atoms with E-state index in [-0.39, 0.29) is 11.7 Å². The molecule has 4 heteroatoms. The fraction of sp³-hybridized carbons (Fsp3) is 0.500. The number of hydrogen-bond acceptors (Lipinski definition) is 3. The summed E-state index contributed by atoms with van der Waals surface area (Å²) in [6.45, 7) is 0. The van der Waals surface area contributed by atoms with Crippen molar-refractivity contribution in [1.29, 1.82) is 0 Å². The molecule has 0 aliphatic heterocycles. The second kappa shape index (κ2) is 2.71.